The van der Waals surface area contributed by atoms with Crippen molar-refractivity contribution >= 4 is 23.6 Å². The third-order valence-corrected chi connectivity index (χ3v) is 5.68. The van der Waals surface area contributed by atoms with Crippen molar-refractivity contribution in [2.24, 2.45) is 5.92 Å². The summed E-state index contributed by atoms with van der Waals surface area (Å²) in [6.45, 7) is 6.85. The molecule has 0 aliphatic carbocycles. The molecule has 1 aromatic carbocycles. The lowest BCUT2D eigenvalue weighted by Crippen LogP contribution is -2.54. The number of hydrogen-bond donors (Lipinski definition) is 1. The molecule has 2 aliphatic rings. The fourth-order valence-corrected chi connectivity index (χ4v) is 4.27. The van der Waals surface area contributed by atoms with Gasteiger partial charge in [0, 0.05) is 43.4 Å². The molecule has 2 aliphatic heterocycles. The molecule has 6 heteroatoms. The molecule has 2 amide bonds. The Morgan fingerprint density at radius 3 is 2.32 bits per heavy atom. The predicted octanol–water partition coefficient (Wildman–Crippen LogP) is 1.83. The van der Waals surface area contributed by atoms with Crippen molar-refractivity contribution in [3.8, 4) is 0 Å². The Morgan fingerprint density at radius 1 is 1.12 bits per heavy atom. The van der Waals surface area contributed by atoms with E-state index in [4.69, 9.17) is 0 Å². The van der Waals surface area contributed by atoms with Crippen molar-refractivity contribution in [1.29, 1.82) is 0 Å². The third-order valence-electron chi connectivity index (χ3n) is 4.74. The first-order valence-electron chi connectivity index (χ1n) is 9.02. The van der Waals surface area contributed by atoms with Gasteiger partial charge in [-0.3, -0.25) is 14.9 Å². The lowest BCUT2D eigenvalue weighted by atomic mass is 10.0. The lowest BCUT2D eigenvalue weighted by Gasteiger charge is -2.36. The Labute approximate surface area is 154 Å². The van der Waals surface area contributed by atoms with E-state index < -0.39 is 0 Å². The average Bonchev–Trinajstić information content (AvgIpc) is 3.15. The molecule has 0 bridgehead atoms. The van der Waals surface area contributed by atoms with Crippen molar-refractivity contribution < 1.29 is 9.59 Å². The van der Waals surface area contributed by atoms with Crippen LogP contribution < -0.4 is 5.32 Å². The van der Waals surface area contributed by atoms with E-state index in [9.17, 15) is 9.59 Å². The van der Waals surface area contributed by atoms with Crippen molar-refractivity contribution in [3.05, 3.63) is 35.4 Å². The van der Waals surface area contributed by atoms with Crippen LogP contribution in [0.25, 0.3) is 0 Å². The highest BCUT2D eigenvalue weighted by atomic mass is 32.2. The number of carbonyl (C=O) groups excluding carboxylic acids is 2. The maximum Gasteiger partial charge on any atom is 0.253 e. The second-order valence-corrected chi connectivity index (χ2v) is 8.21. The number of thioether (sulfide) groups is 1. The summed E-state index contributed by atoms with van der Waals surface area (Å²) in [4.78, 5) is 28.8. The van der Waals surface area contributed by atoms with Gasteiger partial charge in [-0.2, -0.15) is 0 Å². The van der Waals surface area contributed by atoms with Crippen LogP contribution in [0.2, 0.25) is 0 Å². The zero-order valence-corrected chi connectivity index (χ0v) is 15.8. The maximum absolute atomic E-state index is 12.7. The smallest absolute Gasteiger partial charge is 0.253 e. The fourth-order valence-electron chi connectivity index (χ4n) is 3.34. The molecule has 1 N–H and O–H groups in total. The summed E-state index contributed by atoms with van der Waals surface area (Å²) < 4.78 is 0. The minimum Gasteiger partial charge on any atom is -0.338 e. The molecule has 0 aromatic heterocycles. The Morgan fingerprint density at radius 2 is 1.76 bits per heavy atom. The monoisotopic (exact) mass is 361 g/mol. The Balaban J connectivity index is 1.53. The molecule has 1 unspecified atom stereocenters. The Bertz CT molecular complexity index is 604. The largest absolute Gasteiger partial charge is 0.338 e. The first kappa shape index (κ1) is 18.3. The summed E-state index contributed by atoms with van der Waals surface area (Å²) in [6, 6.07) is 7.90. The highest BCUT2D eigenvalue weighted by Gasteiger charge is 2.30. The number of benzene rings is 1. The molecular weight excluding hydrogens is 334 g/mol. The number of rotatable bonds is 4. The molecule has 3 rings (SSSR count). The van der Waals surface area contributed by atoms with Crippen LogP contribution in [0.5, 0.6) is 0 Å². The van der Waals surface area contributed by atoms with E-state index in [0.717, 1.165) is 23.6 Å². The highest BCUT2D eigenvalue weighted by Crippen LogP contribution is 2.15. The molecule has 0 saturated carbocycles. The van der Waals surface area contributed by atoms with Crippen LogP contribution in [0.15, 0.2) is 24.3 Å². The standard InChI is InChI=1S/C19H27N3O2S/c1-14(2)11-15-3-5-16(6-4-15)18(23)21-7-9-22(10-8-21)19(24)17-12-25-13-20-17/h3-6,14,17,20H,7-13H2,1-2H3. The van der Waals surface area contributed by atoms with Crippen molar-refractivity contribution in [2.75, 3.05) is 37.8 Å². The summed E-state index contributed by atoms with van der Waals surface area (Å²) in [6.07, 6.45) is 1.03. The molecule has 25 heavy (non-hydrogen) atoms. The van der Waals surface area contributed by atoms with Crippen molar-refractivity contribution in [2.45, 2.75) is 26.3 Å². The lowest BCUT2D eigenvalue weighted by molar-refractivity contribution is -0.134. The zero-order chi connectivity index (χ0) is 17.8. The van der Waals surface area contributed by atoms with E-state index in [0.29, 0.717) is 32.1 Å². The molecule has 0 spiro atoms. The van der Waals surface area contributed by atoms with Gasteiger partial charge in [0.25, 0.3) is 5.91 Å². The third kappa shape index (κ3) is 4.55. The van der Waals surface area contributed by atoms with Crippen molar-refractivity contribution in [1.82, 2.24) is 15.1 Å². The minimum absolute atomic E-state index is 0.0549. The second-order valence-electron chi connectivity index (χ2n) is 7.18. The van der Waals surface area contributed by atoms with Gasteiger partial charge in [0.2, 0.25) is 5.91 Å². The van der Waals surface area contributed by atoms with Crippen LogP contribution >= 0.6 is 11.8 Å². The van der Waals surface area contributed by atoms with Gasteiger partial charge in [-0.1, -0.05) is 26.0 Å². The van der Waals surface area contributed by atoms with Gasteiger partial charge in [-0.05, 0) is 30.0 Å². The molecule has 5 nitrogen and oxygen atoms in total. The van der Waals surface area contributed by atoms with Crippen LogP contribution in [0.3, 0.4) is 0 Å². The van der Waals surface area contributed by atoms with Gasteiger partial charge in [0.1, 0.15) is 0 Å². The summed E-state index contributed by atoms with van der Waals surface area (Å²) in [7, 11) is 0. The normalized spacial score (nSPS) is 21.0. The average molecular weight is 362 g/mol. The van der Waals surface area contributed by atoms with Crippen LogP contribution in [0, 0.1) is 5.92 Å². The molecule has 136 valence electrons. The molecule has 2 fully saturated rings. The number of piperazine rings is 1. The molecule has 2 saturated heterocycles. The van der Waals surface area contributed by atoms with Crippen LogP contribution in [0.4, 0.5) is 0 Å². The van der Waals surface area contributed by atoms with Crippen molar-refractivity contribution in [3.63, 3.8) is 0 Å². The van der Waals surface area contributed by atoms with Gasteiger partial charge in [0.05, 0.1) is 6.04 Å². The van der Waals surface area contributed by atoms with Gasteiger partial charge < -0.3 is 9.80 Å². The maximum atomic E-state index is 12.7. The van der Waals surface area contributed by atoms with Gasteiger partial charge in [-0.15, -0.1) is 11.8 Å². The zero-order valence-electron chi connectivity index (χ0n) is 15.0. The number of nitrogens with one attached hydrogen (secondary N) is 1. The van der Waals surface area contributed by atoms with Gasteiger partial charge in [0.15, 0.2) is 0 Å². The first-order valence-corrected chi connectivity index (χ1v) is 10.2. The SMILES string of the molecule is CC(C)Cc1ccc(C(=O)N2CCN(C(=O)C3CSCN3)CC2)cc1. The molecular formula is C19H27N3O2S. The number of carbonyl (C=O) groups is 2. The predicted molar refractivity (Wildman–Crippen MR) is 102 cm³/mol. The van der Waals surface area contributed by atoms with E-state index in [1.807, 2.05) is 21.9 Å². The molecule has 1 aromatic rings. The molecule has 1 atom stereocenters. The second kappa shape index (κ2) is 8.23. The highest BCUT2D eigenvalue weighted by molar-refractivity contribution is 7.99. The first-order chi connectivity index (χ1) is 12.0. The number of nitrogens with zero attached hydrogens (tertiary/aromatic N) is 2. The van der Waals surface area contributed by atoms with E-state index in [-0.39, 0.29) is 17.9 Å². The Hall–Kier alpha value is -1.53. The van der Waals surface area contributed by atoms with E-state index in [1.165, 1.54) is 5.56 Å². The van der Waals surface area contributed by atoms with E-state index >= 15 is 0 Å². The summed E-state index contributed by atoms with van der Waals surface area (Å²) in [5.41, 5.74) is 2.00. The topological polar surface area (TPSA) is 52.7 Å². The summed E-state index contributed by atoms with van der Waals surface area (Å²) in [5.74, 6) is 2.55. The van der Waals surface area contributed by atoms with E-state index in [2.05, 4.69) is 31.3 Å². The van der Waals surface area contributed by atoms with Crippen LogP contribution in [0.1, 0.15) is 29.8 Å². The van der Waals surface area contributed by atoms with Gasteiger partial charge >= 0.3 is 0 Å². The quantitative estimate of drug-likeness (QED) is 0.889. The minimum atomic E-state index is -0.0549. The van der Waals surface area contributed by atoms with E-state index in [1.54, 1.807) is 11.8 Å². The van der Waals surface area contributed by atoms with Gasteiger partial charge in [-0.25, -0.2) is 0 Å². The molecule has 2 heterocycles. The Kier molecular flexibility index (Phi) is 6.02. The number of hydrogen-bond acceptors (Lipinski definition) is 4. The summed E-state index contributed by atoms with van der Waals surface area (Å²) in [5, 5.41) is 3.22. The summed E-state index contributed by atoms with van der Waals surface area (Å²) >= 11 is 1.76. The fraction of sp³-hybridized carbons (Fsp3) is 0.579. The van der Waals surface area contributed by atoms with Crippen LogP contribution in [-0.2, 0) is 11.2 Å². The van der Waals surface area contributed by atoms with Crippen LogP contribution in [-0.4, -0.2) is 65.5 Å². The number of amides is 2. The molecule has 0 radical (unpaired) electrons.